The zero-order chi connectivity index (χ0) is 14.0. The first-order valence-electron chi connectivity index (χ1n) is 7.65. The van der Waals surface area contributed by atoms with Crippen LogP contribution in [-0.4, -0.2) is 35.3 Å². The largest absolute Gasteiger partial charge is 0.342 e. The molecule has 1 saturated carbocycles. The summed E-state index contributed by atoms with van der Waals surface area (Å²) in [5.41, 5.74) is 0. The molecule has 0 spiro atoms. The maximum absolute atomic E-state index is 12.6. The van der Waals surface area contributed by atoms with Gasteiger partial charge in [-0.25, -0.2) is 0 Å². The molecule has 2 rings (SSSR count). The minimum absolute atomic E-state index is 0.0412. The monoisotopic (exact) mass is 266 g/mol. The molecular formula is C15H26N2O2. The molecule has 2 atom stereocenters. The fourth-order valence-electron chi connectivity index (χ4n) is 2.97. The van der Waals surface area contributed by atoms with E-state index in [1.165, 1.54) is 19.3 Å². The van der Waals surface area contributed by atoms with Gasteiger partial charge in [0.1, 0.15) is 12.1 Å². The molecule has 108 valence electrons. The average molecular weight is 266 g/mol. The molecule has 1 saturated heterocycles. The van der Waals surface area contributed by atoms with Gasteiger partial charge in [-0.15, -0.1) is 0 Å². The van der Waals surface area contributed by atoms with Gasteiger partial charge in [-0.3, -0.25) is 9.59 Å². The summed E-state index contributed by atoms with van der Waals surface area (Å²) in [6, 6.07) is -0.575. The summed E-state index contributed by atoms with van der Waals surface area (Å²) in [5.74, 6) is 0.935. The summed E-state index contributed by atoms with van der Waals surface area (Å²) in [6.45, 7) is 6.82. The third kappa shape index (κ3) is 2.93. The molecule has 19 heavy (non-hydrogen) atoms. The van der Waals surface area contributed by atoms with Crippen molar-refractivity contribution in [2.75, 3.05) is 6.54 Å². The van der Waals surface area contributed by atoms with Gasteiger partial charge in [0.15, 0.2) is 0 Å². The van der Waals surface area contributed by atoms with Gasteiger partial charge in [0.05, 0.1) is 0 Å². The fraction of sp³-hybridized carbons (Fsp3) is 0.867. The summed E-state index contributed by atoms with van der Waals surface area (Å²) in [6.07, 6.45) is 5.38. The number of nitrogens with zero attached hydrogens (tertiary/aromatic N) is 1. The highest BCUT2D eigenvalue weighted by Gasteiger charge is 2.42. The zero-order valence-electron chi connectivity index (χ0n) is 12.3. The molecule has 4 nitrogen and oxygen atoms in total. The molecule has 0 bridgehead atoms. The summed E-state index contributed by atoms with van der Waals surface area (Å²) < 4.78 is 0. The van der Waals surface area contributed by atoms with Crippen LogP contribution in [0.1, 0.15) is 52.9 Å². The van der Waals surface area contributed by atoms with E-state index < -0.39 is 0 Å². The molecule has 2 unspecified atom stereocenters. The predicted octanol–water partition coefficient (Wildman–Crippen LogP) is 1.94. The van der Waals surface area contributed by atoms with E-state index in [2.05, 4.69) is 12.2 Å². The van der Waals surface area contributed by atoms with E-state index in [9.17, 15) is 9.59 Å². The number of nitrogens with one attached hydrogen (secondary N) is 1. The predicted molar refractivity (Wildman–Crippen MR) is 74.5 cm³/mol. The first kappa shape index (κ1) is 14.4. The number of carbonyl (C=O) groups excluding carboxylic acids is 2. The minimum atomic E-state index is -0.333. The molecule has 2 fully saturated rings. The number of hydrogen-bond donors (Lipinski definition) is 1. The maximum atomic E-state index is 12.6. The first-order chi connectivity index (χ1) is 9.04. The van der Waals surface area contributed by atoms with Gasteiger partial charge in [0.2, 0.25) is 11.8 Å². The summed E-state index contributed by atoms with van der Waals surface area (Å²) in [5, 5.41) is 2.91. The third-order valence-corrected chi connectivity index (χ3v) is 4.43. The van der Waals surface area contributed by atoms with Crippen molar-refractivity contribution in [2.45, 2.75) is 65.0 Å². The van der Waals surface area contributed by atoms with Gasteiger partial charge in [-0.2, -0.15) is 0 Å². The van der Waals surface area contributed by atoms with Crippen molar-refractivity contribution < 1.29 is 9.59 Å². The average Bonchev–Trinajstić information content (AvgIpc) is 2.30. The zero-order valence-corrected chi connectivity index (χ0v) is 12.3. The summed E-state index contributed by atoms with van der Waals surface area (Å²) in [4.78, 5) is 26.7. The Bertz CT molecular complexity index is 350. The maximum Gasteiger partial charge on any atom is 0.246 e. The van der Waals surface area contributed by atoms with Crippen LogP contribution in [0.2, 0.25) is 0 Å². The highest BCUT2D eigenvalue weighted by Crippen LogP contribution is 2.29. The van der Waals surface area contributed by atoms with E-state index in [1.807, 2.05) is 18.7 Å². The van der Waals surface area contributed by atoms with Crippen molar-refractivity contribution in [1.29, 1.82) is 0 Å². The van der Waals surface area contributed by atoms with Gasteiger partial charge in [-0.1, -0.05) is 33.6 Å². The van der Waals surface area contributed by atoms with E-state index in [0.717, 1.165) is 19.4 Å². The van der Waals surface area contributed by atoms with Crippen molar-refractivity contribution in [1.82, 2.24) is 10.2 Å². The molecule has 0 aromatic heterocycles. The molecule has 1 heterocycles. The molecule has 1 aliphatic heterocycles. The van der Waals surface area contributed by atoms with E-state index >= 15 is 0 Å². The van der Waals surface area contributed by atoms with E-state index in [4.69, 9.17) is 0 Å². The molecule has 0 radical (unpaired) electrons. The van der Waals surface area contributed by atoms with Crippen LogP contribution in [0.4, 0.5) is 0 Å². The Kier molecular flexibility index (Phi) is 4.48. The second kappa shape index (κ2) is 5.93. The van der Waals surface area contributed by atoms with E-state index in [1.54, 1.807) is 0 Å². The van der Waals surface area contributed by atoms with Gasteiger partial charge >= 0.3 is 0 Å². The van der Waals surface area contributed by atoms with Crippen LogP contribution >= 0.6 is 0 Å². The van der Waals surface area contributed by atoms with Crippen molar-refractivity contribution in [3.05, 3.63) is 0 Å². The van der Waals surface area contributed by atoms with Gasteiger partial charge in [0.25, 0.3) is 0 Å². The molecule has 0 aromatic carbocycles. The SMILES string of the molecule is CCCC1C(=O)NC(C(C)C)C(=O)N1CC1CCC1. The number of carbonyl (C=O) groups is 2. The minimum Gasteiger partial charge on any atom is -0.342 e. The lowest BCUT2D eigenvalue weighted by Gasteiger charge is -2.43. The molecule has 2 aliphatic rings. The van der Waals surface area contributed by atoms with Crippen LogP contribution in [0.25, 0.3) is 0 Å². The van der Waals surface area contributed by atoms with Gasteiger partial charge < -0.3 is 10.2 Å². The number of hydrogen-bond acceptors (Lipinski definition) is 2. The van der Waals surface area contributed by atoms with Crippen molar-refractivity contribution in [3.63, 3.8) is 0 Å². The van der Waals surface area contributed by atoms with E-state index in [-0.39, 0.29) is 29.8 Å². The molecule has 0 aromatic rings. The number of rotatable bonds is 5. The van der Waals surface area contributed by atoms with Crippen LogP contribution in [-0.2, 0) is 9.59 Å². The van der Waals surface area contributed by atoms with Crippen LogP contribution in [0.15, 0.2) is 0 Å². The standard InChI is InChI=1S/C15H26N2O2/c1-4-6-12-14(18)16-13(10(2)3)15(19)17(12)9-11-7-5-8-11/h10-13H,4-9H2,1-3H3,(H,16,18). The number of amides is 2. The Morgan fingerprint density at radius 1 is 1.32 bits per heavy atom. The first-order valence-corrected chi connectivity index (χ1v) is 7.65. The van der Waals surface area contributed by atoms with Crippen LogP contribution in [0.5, 0.6) is 0 Å². The normalized spacial score (nSPS) is 28.5. The quantitative estimate of drug-likeness (QED) is 0.826. The van der Waals surface area contributed by atoms with E-state index in [0.29, 0.717) is 5.92 Å². The Morgan fingerprint density at radius 3 is 2.47 bits per heavy atom. The van der Waals surface area contributed by atoms with Crippen molar-refractivity contribution in [2.24, 2.45) is 11.8 Å². The Labute approximate surface area is 115 Å². The fourth-order valence-corrected chi connectivity index (χ4v) is 2.97. The van der Waals surface area contributed by atoms with Crippen LogP contribution in [0, 0.1) is 11.8 Å². The topological polar surface area (TPSA) is 49.4 Å². The Morgan fingerprint density at radius 2 is 2.00 bits per heavy atom. The smallest absolute Gasteiger partial charge is 0.246 e. The van der Waals surface area contributed by atoms with Crippen LogP contribution in [0.3, 0.4) is 0 Å². The second-order valence-corrected chi connectivity index (χ2v) is 6.32. The Balaban J connectivity index is 2.13. The lowest BCUT2D eigenvalue weighted by atomic mass is 9.84. The lowest BCUT2D eigenvalue weighted by molar-refractivity contribution is -0.152. The number of piperazine rings is 1. The van der Waals surface area contributed by atoms with Gasteiger partial charge in [-0.05, 0) is 31.1 Å². The second-order valence-electron chi connectivity index (χ2n) is 6.32. The summed E-state index contributed by atoms with van der Waals surface area (Å²) >= 11 is 0. The molecule has 1 N–H and O–H groups in total. The van der Waals surface area contributed by atoms with Crippen molar-refractivity contribution in [3.8, 4) is 0 Å². The highest BCUT2D eigenvalue weighted by molar-refractivity contribution is 5.97. The highest BCUT2D eigenvalue weighted by atomic mass is 16.2. The Hall–Kier alpha value is -1.06. The molecule has 1 aliphatic carbocycles. The van der Waals surface area contributed by atoms with Crippen LogP contribution < -0.4 is 5.32 Å². The summed E-state index contributed by atoms with van der Waals surface area (Å²) in [7, 11) is 0. The molecular weight excluding hydrogens is 240 g/mol. The molecule has 2 amide bonds. The third-order valence-electron chi connectivity index (χ3n) is 4.43. The molecule has 4 heteroatoms. The van der Waals surface area contributed by atoms with Gasteiger partial charge in [0, 0.05) is 6.54 Å². The van der Waals surface area contributed by atoms with Crippen molar-refractivity contribution >= 4 is 11.8 Å². The lowest BCUT2D eigenvalue weighted by Crippen LogP contribution is -2.65.